The second-order valence-corrected chi connectivity index (χ2v) is 6.53. The minimum Gasteiger partial charge on any atom is -0.354 e. The topological polar surface area (TPSA) is 56.2 Å². The number of halogens is 5. The van der Waals surface area contributed by atoms with Crippen molar-refractivity contribution in [2.24, 2.45) is 5.92 Å². The van der Waals surface area contributed by atoms with Crippen molar-refractivity contribution in [1.29, 1.82) is 0 Å². The van der Waals surface area contributed by atoms with Crippen LogP contribution in [0.2, 0.25) is 0 Å². The maximum Gasteiger partial charge on any atom is 0.411 e. The molecular formula is C18H20F5N3O2. The van der Waals surface area contributed by atoms with E-state index in [9.17, 15) is 26.7 Å². The molecule has 1 atom stereocenters. The maximum atomic E-state index is 13.5. The first-order chi connectivity index (χ1) is 13.1. The zero-order valence-electron chi connectivity index (χ0n) is 15.2. The van der Waals surface area contributed by atoms with E-state index < -0.39 is 36.9 Å². The van der Waals surface area contributed by atoms with E-state index in [1.807, 2.05) is 13.8 Å². The third-order valence-electron chi connectivity index (χ3n) is 3.64. The summed E-state index contributed by atoms with van der Waals surface area (Å²) in [6.07, 6.45) is -8.15. The van der Waals surface area contributed by atoms with Crippen LogP contribution in [0, 0.1) is 5.92 Å². The van der Waals surface area contributed by atoms with E-state index in [0.717, 1.165) is 10.9 Å². The van der Waals surface area contributed by atoms with Crippen molar-refractivity contribution in [2.75, 3.05) is 11.9 Å². The molecule has 0 aliphatic carbocycles. The molecule has 0 bridgehead atoms. The molecule has 1 N–H and O–H groups in total. The van der Waals surface area contributed by atoms with Gasteiger partial charge in [0.2, 0.25) is 0 Å². The largest absolute Gasteiger partial charge is 0.411 e. The molecule has 2 aromatic rings. The number of carbonyl (C=O) groups is 1. The maximum absolute atomic E-state index is 13.5. The first kappa shape index (κ1) is 21.8. The highest BCUT2D eigenvalue weighted by Gasteiger charge is 2.33. The SMILES string of the molecule is CC(C)Cn1ncc(NC(=O)C(OCC(F)(F)F)c2ccccc2)c1C(F)F. The number of aromatic nitrogens is 2. The molecule has 1 heterocycles. The van der Waals surface area contributed by atoms with Gasteiger partial charge in [0.05, 0.1) is 11.9 Å². The second kappa shape index (κ2) is 9.13. The number of carbonyl (C=O) groups excluding carboxylic acids is 1. The molecule has 0 saturated carbocycles. The predicted octanol–water partition coefficient (Wildman–Crippen LogP) is 4.74. The number of hydrogen-bond acceptors (Lipinski definition) is 3. The van der Waals surface area contributed by atoms with Crippen molar-refractivity contribution in [3.8, 4) is 0 Å². The smallest absolute Gasteiger partial charge is 0.354 e. The van der Waals surface area contributed by atoms with Crippen LogP contribution in [0.4, 0.5) is 27.6 Å². The number of hydrogen-bond donors (Lipinski definition) is 1. The Morgan fingerprint density at radius 1 is 1.21 bits per heavy atom. The molecule has 0 radical (unpaired) electrons. The van der Waals surface area contributed by atoms with Crippen molar-refractivity contribution in [3.05, 3.63) is 47.8 Å². The average molecular weight is 405 g/mol. The van der Waals surface area contributed by atoms with E-state index in [4.69, 9.17) is 4.74 Å². The molecular weight excluding hydrogens is 385 g/mol. The fourth-order valence-electron chi connectivity index (χ4n) is 2.54. The Labute approximate surface area is 158 Å². The fraction of sp³-hybridized carbons (Fsp3) is 0.444. The molecule has 154 valence electrons. The van der Waals surface area contributed by atoms with E-state index >= 15 is 0 Å². The van der Waals surface area contributed by atoms with Crippen molar-refractivity contribution < 1.29 is 31.5 Å². The Kier molecular flexibility index (Phi) is 7.11. The third kappa shape index (κ3) is 6.01. The van der Waals surface area contributed by atoms with Gasteiger partial charge >= 0.3 is 6.18 Å². The summed E-state index contributed by atoms with van der Waals surface area (Å²) in [7, 11) is 0. The Morgan fingerprint density at radius 3 is 2.39 bits per heavy atom. The quantitative estimate of drug-likeness (QED) is 0.646. The Hall–Kier alpha value is -2.49. The average Bonchev–Trinajstić information content (AvgIpc) is 2.96. The lowest BCUT2D eigenvalue weighted by Crippen LogP contribution is -2.28. The number of anilines is 1. The van der Waals surface area contributed by atoms with Gasteiger partial charge in [-0.3, -0.25) is 9.48 Å². The summed E-state index contributed by atoms with van der Waals surface area (Å²) in [6.45, 7) is 2.16. The number of benzene rings is 1. The van der Waals surface area contributed by atoms with E-state index in [0.29, 0.717) is 0 Å². The summed E-state index contributed by atoms with van der Waals surface area (Å²) in [5, 5.41) is 6.07. The Balaban J connectivity index is 2.27. The lowest BCUT2D eigenvalue weighted by molar-refractivity contribution is -0.187. The van der Waals surface area contributed by atoms with Crippen molar-refractivity contribution in [3.63, 3.8) is 0 Å². The van der Waals surface area contributed by atoms with Gasteiger partial charge in [-0.05, 0) is 11.5 Å². The number of alkyl halides is 5. The summed E-state index contributed by atoms with van der Waals surface area (Å²) in [4.78, 5) is 12.6. The van der Waals surface area contributed by atoms with Crippen molar-refractivity contribution in [2.45, 2.75) is 39.1 Å². The van der Waals surface area contributed by atoms with Crippen molar-refractivity contribution >= 4 is 11.6 Å². The lowest BCUT2D eigenvalue weighted by Gasteiger charge is -2.19. The van der Waals surface area contributed by atoms with Gasteiger partial charge in [0.15, 0.2) is 6.10 Å². The molecule has 0 fully saturated rings. The van der Waals surface area contributed by atoms with Crippen LogP contribution in [-0.2, 0) is 16.1 Å². The molecule has 1 aromatic heterocycles. The molecule has 1 unspecified atom stereocenters. The zero-order chi connectivity index (χ0) is 20.9. The van der Waals surface area contributed by atoms with Crippen molar-refractivity contribution in [1.82, 2.24) is 9.78 Å². The lowest BCUT2D eigenvalue weighted by atomic mass is 10.1. The minimum absolute atomic E-state index is 0.0214. The number of nitrogens with zero attached hydrogens (tertiary/aromatic N) is 2. The monoisotopic (exact) mass is 405 g/mol. The van der Waals surface area contributed by atoms with Crippen LogP contribution in [-0.4, -0.2) is 28.5 Å². The number of amides is 1. The van der Waals surface area contributed by atoms with Crippen LogP contribution in [0.3, 0.4) is 0 Å². The molecule has 28 heavy (non-hydrogen) atoms. The highest BCUT2D eigenvalue weighted by molar-refractivity contribution is 5.95. The molecule has 0 aliphatic rings. The molecule has 2 rings (SSSR count). The summed E-state index contributed by atoms with van der Waals surface area (Å²) in [6, 6.07) is 7.50. The van der Waals surface area contributed by atoms with Gasteiger partial charge < -0.3 is 10.1 Å². The molecule has 0 aliphatic heterocycles. The Bertz CT molecular complexity index is 775. The summed E-state index contributed by atoms with van der Waals surface area (Å²) in [5.74, 6) is -0.977. The second-order valence-electron chi connectivity index (χ2n) is 6.53. The summed E-state index contributed by atoms with van der Waals surface area (Å²) >= 11 is 0. The van der Waals surface area contributed by atoms with E-state index in [-0.39, 0.29) is 23.7 Å². The first-order valence-corrected chi connectivity index (χ1v) is 8.46. The first-order valence-electron chi connectivity index (χ1n) is 8.46. The summed E-state index contributed by atoms with van der Waals surface area (Å²) < 4.78 is 70.4. The highest BCUT2D eigenvalue weighted by Crippen LogP contribution is 2.30. The standard InChI is InChI=1S/C18H20F5N3O2/c1-11(2)9-26-14(16(19)20)13(8-24-26)25-17(27)15(28-10-18(21,22)23)12-6-4-3-5-7-12/h3-8,11,15-16H,9-10H2,1-2H3,(H,25,27). The molecule has 1 aromatic carbocycles. The molecule has 10 heteroatoms. The van der Waals surface area contributed by atoms with E-state index in [2.05, 4.69) is 10.4 Å². The normalized spacial score (nSPS) is 13.2. The van der Waals surface area contributed by atoms with Crippen LogP contribution in [0.25, 0.3) is 0 Å². The van der Waals surface area contributed by atoms with Gasteiger partial charge in [-0.25, -0.2) is 8.78 Å². The van der Waals surface area contributed by atoms with Gasteiger partial charge in [-0.15, -0.1) is 0 Å². The van der Waals surface area contributed by atoms with E-state index in [1.54, 1.807) is 6.07 Å². The third-order valence-corrected chi connectivity index (χ3v) is 3.64. The van der Waals surface area contributed by atoms with Crippen LogP contribution < -0.4 is 5.32 Å². The number of nitrogens with one attached hydrogen (secondary N) is 1. The Morgan fingerprint density at radius 2 is 1.86 bits per heavy atom. The highest BCUT2D eigenvalue weighted by atomic mass is 19.4. The molecule has 1 amide bonds. The molecule has 0 spiro atoms. The predicted molar refractivity (Wildman–Crippen MR) is 91.8 cm³/mol. The minimum atomic E-state index is -4.65. The van der Waals surface area contributed by atoms with Crippen LogP contribution in [0.1, 0.15) is 37.6 Å². The van der Waals surface area contributed by atoms with Crippen LogP contribution in [0.5, 0.6) is 0 Å². The number of rotatable bonds is 8. The van der Waals surface area contributed by atoms with Gasteiger partial charge in [0.25, 0.3) is 12.3 Å². The van der Waals surface area contributed by atoms with Crippen LogP contribution in [0.15, 0.2) is 36.5 Å². The number of ether oxygens (including phenoxy) is 1. The molecule has 5 nitrogen and oxygen atoms in total. The van der Waals surface area contributed by atoms with Gasteiger partial charge in [0, 0.05) is 6.54 Å². The van der Waals surface area contributed by atoms with E-state index in [1.165, 1.54) is 24.3 Å². The van der Waals surface area contributed by atoms with Gasteiger partial charge in [-0.2, -0.15) is 18.3 Å². The summed E-state index contributed by atoms with van der Waals surface area (Å²) in [5.41, 5.74) is -0.612. The zero-order valence-corrected chi connectivity index (χ0v) is 15.2. The van der Waals surface area contributed by atoms with Gasteiger partial charge in [-0.1, -0.05) is 44.2 Å². The molecule has 0 saturated heterocycles. The fourth-order valence-corrected chi connectivity index (χ4v) is 2.54. The van der Waals surface area contributed by atoms with Crippen LogP contribution >= 0.6 is 0 Å². The van der Waals surface area contributed by atoms with Gasteiger partial charge in [0.1, 0.15) is 12.3 Å².